The lowest BCUT2D eigenvalue weighted by Crippen LogP contribution is -2.07. The van der Waals surface area contributed by atoms with E-state index in [-0.39, 0.29) is 18.8 Å². The molecule has 0 aliphatic heterocycles. The van der Waals surface area contributed by atoms with Crippen molar-refractivity contribution in [2.75, 3.05) is 12.8 Å². The summed E-state index contributed by atoms with van der Waals surface area (Å²) in [4.78, 5) is 8.34. The van der Waals surface area contributed by atoms with Crippen molar-refractivity contribution in [1.82, 2.24) is 9.97 Å². The van der Waals surface area contributed by atoms with Gasteiger partial charge in [-0.05, 0) is 27.6 Å². The molecule has 0 radical (unpaired) electrons. The van der Waals surface area contributed by atoms with Crippen LogP contribution in [0.3, 0.4) is 0 Å². The molecule has 106 valence electrons. The van der Waals surface area contributed by atoms with Gasteiger partial charge in [-0.25, -0.2) is 18.7 Å². The Morgan fingerprint density at radius 1 is 1.30 bits per heavy atom. The van der Waals surface area contributed by atoms with Gasteiger partial charge in [-0.15, -0.1) is 0 Å². The fraction of sp³-hybridized carbons (Fsp3) is 0.231. The number of rotatable bonds is 4. The van der Waals surface area contributed by atoms with Crippen LogP contribution in [0.5, 0.6) is 0 Å². The number of nitrogens with two attached hydrogens (primary N) is 1. The lowest BCUT2D eigenvalue weighted by Gasteiger charge is -2.09. The first-order chi connectivity index (χ1) is 9.51. The molecule has 0 aliphatic rings. The monoisotopic (exact) mass is 343 g/mol. The molecule has 0 bridgehead atoms. The van der Waals surface area contributed by atoms with Crippen LogP contribution in [0.15, 0.2) is 22.7 Å². The molecule has 2 N–H and O–H groups in total. The van der Waals surface area contributed by atoms with Gasteiger partial charge < -0.3 is 10.5 Å². The first-order valence-electron chi connectivity index (χ1n) is 5.75. The van der Waals surface area contributed by atoms with Crippen molar-refractivity contribution in [3.8, 4) is 0 Å². The standard InChI is InChI=1S/C13H12BrF2N3O/c1-20-6-10-12(14)13(17)19-11(18-10)4-7-2-3-8(15)5-9(7)16/h2-3,5H,4,6H2,1H3,(H2,17,18,19). The number of halogens is 3. The van der Waals surface area contributed by atoms with E-state index >= 15 is 0 Å². The molecular formula is C13H12BrF2N3O. The number of hydrogen-bond donors (Lipinski definition) is 1. The second-order valence-electron chi connectivity index (χ2n) is 4.13. The van der Waals surface area contributed by atoms with Crippen molar-refractivity contribution in [3.63, 3.8) is 0 Å². The quantitative estimate of drug-likeness (QED) is 0.927. The molecule has 4 nitrogen and oxygen atoms in total. The predicted octanol–water partition coefficient (Wildman–Crippen LogP) is 2.84. The molecule has 0 atom stereocenters. The third kappa shape index (κ3) is 3.29. The third-order valence-electron chi connectivity index (χ3n) is 2.64. The van der Waals surface area contributed by atoms with Gasteiger partial charge in [-0.1, -0.05) is 6.07 Å². The molecule has 0 aliphatic carbocycles. The molecule has 2 aromatic rings. The molecule has 1 aromatic carbocycles. The third-order valence-corrected chi connectivity index (χ3v) is 3.50. The highest BCUT2D eigenvalue weighted by Gasteiger charge is 2.12. The second kappa shape index (κ2) is 6.23. The molecule has 7 heteroatoms. The summed E-state index contributed by atoms with van der Waals surface area (Å²) < 4.78 is 32.0. The molecule has 0 amide bonds. The van der Waals surface area contributed by atoms with Crippen LogP contribution in [0.1, 0.15) is 17.1 Å². The minimum atomic E-state index is -0.636. The van der Waals surface area contributed by atoms with E-state index in [0.717, 1.165) is 6.07 Å². The summed E-state index contributed by atoms with van der Waals surface area (Å²) in [5.74, 6) is -0.654. The predicted molar refractivity (Wildman–Crippen MR) is 74.0 cm³/mol. The van der Waals surface area contributed by atoms with E-state index < -0.39 is 11.6 Å². The van der Waals surface area contributed by atoms with Crippen LogP contribution in [-0.2, 0) is 17.8 Å². The first kappa shape index (κ1) is 14.8. The van der Waals surface area contributed by atoms with Crippen molar-refractivity contribution < 1.29 is 13.5 Å². The number of ether oxygens (including phenoxy) is 1. The summed E-state index contributed by atoms with van der Waals surface area (Å²) in [6, 6.07) is 3.38. The van der Waals surface area contributed by atoms with Crippen LogP contribution in [-0.4, -0.2) is 17.1 Å². The number of hydrogen-bond acceptors (Lipinski definition) is 4. The van der Waals surface area contributed by atoms with E-state index in [1.54, 1.807) is 0 Å². The molecule has 0 saturated heterocycles. The average molecular weight is 344 g/mol. The van der Waals surface area contributed by atoms with E-state index in [1.165, 1.54) is 19.2 Å². The molecule has 0 unspecified atom stereocenters. The Labute approximate surface area is 123 Å². The normalized spacial score (nSPS) is 10.8. The zero-order valence-electron chi connectivity index (χ0n) is 10.7. The highest BCUT2D eigenvalue weighted by molar-refractivity contribution is 9.10. The number of anilines is 1. The van der Waals surface area contributed by atoms with Gasteiger partial charge in [0.15, 0.2) is 0 Å². The van der Waals surface area contributed by atoms with Crippen LogP contribution in [0.4, 0.5) is 14.6 Å². The number of benzene rings is 1. The van der Waals surface area contributed by atoms with E-state index in [4.69, 9.17) is 10.5 Å². The Morgan fingerprint density at radius 3 is 2.70 bits per heavy atom. The van der Waals surface area contributed by atoms with Crippen molar-refractivity contribution >= 4 is 21.7 Å². The first-order valence-corrected chi connectivity index (χ1v) is 6.54. The Bertz CT molecular complexity index is 637. The van der Waals surface area contributed by atoms with Crippen LogP contribution < -0.4 is 5.73 Å². The van der Waals surface area contributed by atoms with Gasteiger partial charge >= 0.3 is 0 Å². The molecule has 2 rings (SSSR count). The maximum absolute atomic E-state index is 13.6. The average Bonchev–Trinajstić information content (AvgIpc) is 2.39. The molecule has 0 fully saturated rings. The van der Waals surface area contributed by atoms with Crippen molar-refractivity contribution in [3.05, 3.63) is 51.4 Å². The zero-order valence-corrected chi connectivity index (χ0v) is 12.2. The van der Waals surface area contributed by atoms with E-state index in [0.29, 0.717) is 21.6 Å². The minimum absolute atomic E-state index is 0.125. The SMILES string of the molecule is COCc1nc(Cc2ccc(F)cc2F)nc(N)c1Br. The summed E-state index contributed by atoms with van der Waals surface area (Å²) in [6.45, 7) is 0.256. The van der Waals surface area contributed by atoms with E-state index in [9.17, 15) is 8.78 Å². The molecule has 1 aromatic heterocycles. The smallest absolute Gasteiger partial charge is 0.141 e. The highest BCUT2D eigenvalue weighted by atomic mass is 79.9. The van der Waals surface area contributed by atoms with Gasteiger partial charge in [-0.3, -0.25) is 0 Å². The summed E-state index contributed by atoms with van der Waals surface area (Å²) >= 11 is 3.27. The highest BCUT2D eigenvalue weighted by Crippen LogP contribution is 2.23. The number of nitrogens with zero attached hydrogens (tertiary/aromatic N) is 2. The number of nitrogen functional groups attached to an aromatic ring is 1. The molecule has 0 saturated carbocycles. The maximum Gasteiger partial charge on any atom is 0.141 e. The minimum Gasteiger partial charge on any atom is -0.383 e. The topological polar surface area (TPSA) is 61.0 Å². The van der Waals surface area contributed by atoms with Gasteiger partial charge in [0.2, 0.25) is 0 Å². The Kier molecular flexibility index (Phi) is 4.61. The van der Waals surface area contributed by atoms with Crippen LogP contribution in [0.25, 0.3) is 0 Å². The van der Waals surface area contributed by atoms with Crippen LogP contribution in [0, 0.1) is 11.6 Å². The van der Waals surface area contributed by atoms with Gasteiger partial charge in [0.25, 0.3) is 0 Å². The number of methoxy groups -OCH3 is 1. The Morgan fingerprint density at radius 2 is 2.05 bits per heavy atom. The summed E-state index contributed by atoms with van der Waals surface area (Å²) in [7, 11) is 1.53. The lowest BCUT2D eigenvalue weighted by atomic mass is 10.1. The molecule has 20 heavy (non-hydrogen) atoms. The maximum atomic E-state index is 13.6. The zero-order chi connectivity index (χ0) is 14.7. The molecular weight excluding hydrogens is 332 g/mol. The second-order valence-corrected chi connectivity index (χ2v) is 4.92. The van der Waals surface area contributed by atoms with E-state index in [1.807, 2.05) is 0 Å². The fourth-order valence-corrected chi connectivity index (χ4v) is 2.00. The Hall–Kier alpha value is -1.60. The van der Waals surface area contributed by atoms with Crippen molar-refractivity contribution in [1.29, 1.82) is 0 Å². The lowest BCUT2D eigenvalue weighted by molar-refractivity contribution is 0.180. The van der Waals surface area contributed by atoms with E-state index in [2.05, 4.69) is 25.9 Å². The summed E-state index contributed by atoms with van der Waals surface area (Å²) in [5.41, 5.74) is 6.64. The van der Waals surface area contributed by atoms with Crippen LogP contribution in [0.2, 0.25) is 0 Å². The van der Waals surface area contributed by atoms with Crippen LogP contribution >= 0.6 is 15.9 Å². The fourth-order valence-electron chi connectivity index (χ4n) is 1.71. The molecule has 1 heterocycles. The van der Waals surface area contributed by atoms with Gasteiger partial charge in [0.1, 0.15) is 23.3 Å². The Balaban J connectivity index is 2.33. The van der Waals surface area contributed by atoms with Crippen molar-refractivity contribution in [2.24, 2.45) is 0 Å². The van der Waals surface area contributed by atoms with Gasteiger partial charge in [0, 0.05) is 19.6 Å². The largest absolute Gasteiger partial charge is 0.383 e. The number of aromatic nitrogens is 2. The van der Waals surface area contributed by atoms with Gasteiger partial charge in [0.05, 0.1) is 16.8 Å². The van der Waals surface area contributed by atoms with Gasteiger partial charge in [-0.2, -0.15) is 0 Å². The summed E-state index contributed by atoms with van der Waals surface area (Å²) in [5, 5.41) is 0. The van der Waals surface area contributed by atoms with Crippen molar-refractivity contribution in [2.45, 2.75) is 13.0 Å². The molecule has 0 spiro atoms. The summed E-state index contributed by atoms with van der Waals surface area (Å²) in [6.07, 6.45) is 0.125.